The SMILES string of the molecule is Cn1cc(-c2nc(-c3[c-]cccc3)cc3ccccc23)nc1-c1cc2c(cc1O)oc1ccccc12.[Pt]. The summed E-state index contributed by atoms with van der Waals surface area (Å²) in [5.74, 6) is 0.768. The summed E-state index contributed by atoms with van der Waals surface area (Å²) in [5, 5.41) is 15.0. The fraction of sp³-hybridized carbons (Fsp3) is 0.0323. The Morgan fingerprint density at radius 2 is 1.57 bits per heavy atom. The van der Waals surface area contributed by atoms with E-state index in [1.807, 2.05) is 84.5 Å². The number of nitrogens with zero attached hydrogens (tertiary/aromatic N) is 3. The number of rotatable bonds is 3. The maximum Gasteiger partial charge on any atom is 0.144 e. The zero-order chi connectivity index (χ0) is 24.2. The number of furan rings is 1. The molecule has 0 aliphatic heterocycles. The summed E-state index contributed by atoms with van der Waals surface area (Å²) in [6.07, 6.45) is 1.96. The van der Waals surface area contributed by atoms with Crippen LogP contribution < -0.4 is 0 Å². The fourth-order valence-corrected chi connectivity index (χ4v) is 4.86. The van der Waals surface area contributed by atoms with E-state index in [0.717, 1.165) is 49.8 Å². The predicted octanol–water partition coefficient (Wildman–Crippen LogP) is 7.37. The number of fused-ring (bicyclic) bond motifs is 4. The first kappa shape index (κ1) is 23.2. The molecule has 0 bridgehead atoms. The number of aryl methyl sites for hydroxylation is 1. The van der Waals surface area contributed by atoms with Gasteiger partial charge in [-0.3, -0.25) is 4.98 Å². The Morgan fingerprint density at radius 1 is 0.784 bits per heavy atom. The molecule has 1 N–H and O–H groups in total. The number of para-hydroxylation sites is 1. The van der Waals surface area contributed by atoms with Crippen molar-refractivity contribution in [3.63, 3.8) is 0 Å². The number of phenolic OH excluding ortho intramolecular Hbond substituents is 1. The maximum absolute atomic E-state index is 10.9. The van der Waals surface area contributed by atoms with Gasteiger partial charge in [0.15, 0.2) is 0 Å². The third-order valence-electron chi connectivity index (χ3n) is 6.58. The largest absolute Gasteiger partial charge is 0.507 e. The van der Waals surface area contributed by atoms with Crippen LogP contribution in [0, 0.1) is 6.07 Å². The Balaban J connectivity index is 0.00000252. The molecule has 37 heavy (non-hydrogen) atoms. The number of imidazole rings is 1. The van der Waals surface area contributed by atoms with E-state index in [2.05, 4.69) is 24.3 Å². The van der Waals surface area contributed by atoms with Gasteiger partial charge in [-0.15, -0.1) is 35.9 Å². The molecule has 0 unspecified atom stereocenters. The monoisotopic (exact) mass is 661 g/mol. The van der Waals surface area contributed by atoms with Gasteiger partial charge in [0.1, 0.15) is 28.4 Å². The molecule has 7 aromatic rings. The van der Waals surface area contributed by atoms with E-state index in [4.69, 9.17) is 14.4 Å². The van der Waals surface area contributed by atoms with Crippen molar-refractivity contribution in [3.8, 4) is 39.8 Å². The van der Waals surface area contributed by atoms with Gasteiger partial charge in [0.05, 0.1) is 11.3 Å². The molecule has 0 fully saturated rings. The zero-order valence-corrected chi connectivity index (χ0v) is 22.0. The summed E-state index contributed by atoms with van der Waals surface area (Å²) >= 11 is 0. The molecular weight excluding hydrogens is 641 g/mol. The third-order valence-corrected chi connectivity index (χ3v) is 6.58. The average molecular weight is 662 g/mol. The molecule has 7 rings (SSSR count). The van der Waals surface area contributed by atoms with Crippen molar-refractivity contribution in [1.29, 1.82) is 0 Å². The molecule has 6 heteroatoms. The number of pyridine rings is 1. The van der Waals surface area contributed by atoms with Crippen molar-refractivity contribution in [2.75, 3.05) is 0 Å². The average Bonchev–Trinajstić information content (AvgIpc) is 3.47. The Morgan fingerprint density at radius 3 is 2.41 bits per heavy atom. The van der Waals surface area contributed by atoms with Gasteiger partial charge in [0, 0.05) is 56.5 Å². The van der Waals surface area contributed by atoms with Crippen LogP contribution >= 0.6 is 0 Å². The van der Waals surface area contributed by atoms with E-state index in [0.29, 0.717) is 17.0 Å². The van der Waals surface area contributed by atoms with Gasteiger partial charge in [-0.1, -0.05) is 48.5 Å². The molecule has 0 aliphatic carbocycles. The van der Waals surface area contributed by atoms with E-state index in [-0.39, 0.29) is 26.8 Å². The molecule has 182 valence electrons. The number of hydrogen-bond acceptors (Lipinski definition) is 4. The Hall–Kier alpha value is -4.21. The summed E-state index contributed by atoms with van der Waals surface area (Å²) in [6, 6.07) is 32.9. The van der Waals surface area contributed by atoms with E-state index >= 15 is 0 Å². The minimum atomic E-state index is 0. The number of aromatic nitrogens is 3. The van der Waals surface area contributed by atoms with Crippen molar-refractivity contribution in [2.45, 2.75) is 0 Å². The van der Waals surface area contributed by atoms with Gasteiger partial charge in [-0.25, -0.2) is 4.98 Å². The van der Waals surface area contributed by atoms with Gasteiger partial charge in [-0.2, -0.15) is 0 Å². The fourth-order valence-electron chi connectivity index (χ4n) is 4.86. The van der Waals surface area contributed by atoms with Gasteiger partial charge >= 0.3 is 0 Å². The molecule has 0 radical (unpaired) electrons. The quantitative estimate of drug-likeness (QED) is 0.201. The van der Waals surface area contributed by atoms with Crippen LogP contribution in [-0.2, 0) is 28.1 Å². The van der Waals surface area contributed by atoms with Crippen LogP contribution in [0.2, 0.25) is 0 Å². The van der Waals surface area contributed by atoms with E-state index in [1.165, 1.54) is 0 Å². The molecule has 0 aliphatic rings. The van der Waals surface area contributed by atoms with Gasteiger partial charge in [0.2, 0.25) is 0 Å². The van der Waals surface area contributed by atoms with Crippen molar-refractivity contribution in [3.05, 3.63) is 103 Å². The van der Waals surface area contributed by atoms with Crippen LogP contribution in [0.3, 0.4) is 0 Å². The molecule has 3 heterocycles. The molecule has 5 nitrogen and oxygen atoms in total. The minimum absolute atomic E-state index is 0. The number of aromatic hydroxyl groups is 1. The number of benzene rings is 4. The summed E-state index contributed by atoms with van der Waals surface area (Å²) < 4.78 is 7.86. The van der Waals surface area contributed by atoms with Crippen LogP contribution in [0.5, 0.6) is 5.75 Å². The molecule has 3 aromatic heterocycles. The molecule has 0 saturated carbocycles. The first-order chi connectivity index (χ1) is 17.7. The summed E-state index contributed by atoms with van der Waals surface area (Å²) in [6.45, 7) is 0. The minimum Gasteiger partial charge on any atom is -0.507 e. The first-order valence-corrected chi connectivity index (χ1v) is 11.7. The van der Waals surface area contributed by atoms with Crippen LogP contribution in [0.25, 0.3) is 66.7 Å². The third kappa shape index (κ3) is 3.83. The molecular formula is C31H20N3O2Pt-. The van der Waals surface area contributed by atoms with Crippen LogP contribution in [0.1, 0.15) is 0 Å². The van der Waals surface area contributed by atoms with E-state index in [1.54, 1.807) is 6.07 Å². The standard InChI is InChI=1S/C31H20N3O2.Pt/c1-34-18-26(30-21-12-6-5-11-20(21)15-25(32-30)19-9-3-2-4-10-19)33-31(34)24-16-23-22-13-7-8-14-28(22)36-29(23)17-27(24)35;/h2-9,11-18,35H,1H3;/q-1;. The summed E-state index contributed by atoms with van der Waals surface area (Å²) in [4.78, 5) is 9.98. The predicted molar refractivity (Wildman–Crippen MR) is 143 cm³/mol. The number of hydrogen-bond donors (Lipinski definition) is 1. The second kappa shape index (κ2) is 9.02. The molecule has 0 atom stereocenters. The van der Waals surface area contributed by atoms with Crippen molar-refractivity contribution < 1.29 is 30.6 Å². The van der Waals surface area contributed by atoms with Crippen LogP contribution in [-0.4, -0.2) is 19.6 Å². The molecule has 0 spiro atoms. The molecule has 4 aromatic carbocycles. The van der Waals surface area contributed by atoms with Crippen molar-refractivity contribution in [2.24, 2.45) is 7.05 Å². The van der Waals surface area contributed by atoms with E-state index in [9.17, 15) is 5.11 Å². The molecule has 0 amide bonds. The maximum atomic E-state index is 10.9. The topological polar surface area (TPSA) is 64.1 Å². The van der Waals surface area contributed by atoms with Crippen LogP contribution in [0.15, 0.2) is 102 Å². The van der Waals surface area contributed by atoms with Crippen LogP contribution in [0.4, 0.5) is 0 Å². The number of phenols is 1. The van der Waals surface area contributed by atoms with Crippen molar-refractivity contribution >= 4 is 32.7 Å². The Bertz CT molecular complexity index is 1920. The second-order valence-electron chi connectivity index (χ2n) is 8.88. The normalized spacial score (nSPS) is 11.3. The Kier molecular flexibility index (Phi) is 5.66. The van der Waals surface area contributed by atoms with Crippen molar-refractivity contribution in [1.82, 2.24) is 14.5 Å². The Labute approximate surface area is 227 Å². The van der Waals surface area contributed by atoms with Gasteiger partial charge in [-0.05, 0) is 23.2 Å². The van der Waals surface area contributed by atoms with Gasteiger partial charge in [0.25, 0.3) is 0 Å². The molecule has 0 saturated heterocycles. The zero-order valence-electron chi connectivity index (χ0n) is 19.8. The van der Waals surface area contributed by atoms with E-state index < -0.39 is 0 Å². The first-order valence-electron chi connectivity index (χ1n) is 11.7. The summed E-state index contributed by atoms with van der Waals surface area (Å²) in [7, 11) is 1.93. The van der Waals surface area contributed by atoms with Gasteiger partial charge < -0.3 is 14.1 Å². The smallest absolute Gasteiger partial charge is 0.144 e. The second-order valence-corrected chi connectivity index (χ2v) is 8.88. The summed E-state index contributed by atoms with van der Waals surface area (Å²) in [5.41, 5.74) is 5.36.